The van der Waals surface area contributed by atoms with E-state index in [0.29, 0.717) is 5.56 Å². The van der Waals surface area contributed by atoms with Gasteiger partial charge in [0.25, 0.3) is 5.91 Å². The van der Waals surface area contributed by atoms with E-state index in [0.717, 1.165) is 61.8 Å². The first-order valence-corrected chi connectivity index (χ1v) is 11.5. The molecule has 3 aromatic rings. The number of hydrogen-bond acceptors (Lipinski definition) is 4. The number of aromatic nitrogens is 2. The van der Waals surface area contributed by atoms with Gasteiger partial charge in [0.1, 0.15) is 0 Å². The summed E-state index contributed by atoms with van der Waals surface area (Å²) in [7, 11) is 0. The molecule has 0 spiro atoms. The highest BCUT2D eigenvalue weighted by molar-refractivity contribution is 6.05. The van der Waals surface area contributed by atoms with Crippen molar-refractivity contribution >= 4 is 17.3 Å². The zero-order valence-corrected chi connectivity index (χ0v) is 19.6. The highest BCUT2D eigenvalue weighted by Gasteiger charge is 2.19. The molecule has 2 heterocycles. The number of rotatable bonds is 6. The lowest BCUT2D eigenvalue weighted by Gasteiger charge is -2.35. The van der Waals surface area contributed by atoms with E-state index in [1.165, 1.54) is 11.3 Å². The Morgan fingerprint density at radius 1 is 0.969 bits per heavy atom. The molecule has 1 aromatic heterocycles. The van der Waals surface area contributed by atoms with Crippen LogP contribution in [0.3, 0.4) is 0 Å². The van der Waals surface area contributed by atoms with E-state index in [4.69, 9.17) is 0 Å². The van der Waals surface area contributed by atoms with Crippen molar-refractivity contribution in [1.29, 1.82) is 0 Å². The number of hydrogen-bond donors (Lipinski definition) is 1. The molecule has 0 saturated carbocycles. The molecule has 2 aromatic carbocycles. The summed E-state index contributed by atoms with van der Waals surface area (Å²) in [5.74, 6) is -0.118. The number of nitrogens with zero attached hydrogens (tertiary/aromatic N) is 4. The van der Waals surface area contributed by atoms with Gasteiger partial charge < -0.3 is 15.1 Å². The molecule has 0 unspecified atom stereocenters. The van der Waals surface area contributed by atoms with Gasteiger partial charge in [0, 0.05) is 37.6 Å². The van der Waals surface area contributed by atoms with Gasteiger partial charge in [0.2, 0.25) is 0 Å². The van der Waals surface area contributed by atoms with Crippen molar-refractivity contribution in [2.75, 3.05) is 42.9 Å². The number of anilines is 2. The van der Waals surface area contributed by atoms with Crippen molar-refractivity contribution in [2.45, 2.75) is 34.1 Å². The second-order valence-corrected chi connectivity index (χ2v) is 8.48. The van der Waals surface area contributed by atoms with Crippen molar-refractivity contribution < 1.29 is 4.79 Å². The van der Waals surface area contributed by atoms with Gasteiger partial charge in [-0.3, -0.25) is 4.79 Å². The van der Waals surface area contributed by atoms with Crippen molar-refractivity contribution in [3.8, 4) is 5.69 Å². The molecule has 0 bridgehead atoms. The number of amides is 1. The minimum atomic E-state index is -0.118. The highest BCUT2D eigenvalue weighted by atomic mass is 16.1. The van der Waals surface area contributed by atoms with Crippen LogP contribution in [0, 0.1) is 13.8 Å². The predicted octanol–water partition coefficient (Wildman–Crippen LogP) is 4.45. The largest absolute Gasteiger partial charge is 0.369 e. The van der Waals surface area contributed by atoms with Crippen LogP contribution >= 0.6 is 0 Å². The topological polar surface area (TPSA) is 53.4 Å². The third-order valence-corrected chi connectivity index (χ3v) is 6.37. The van der Waals surface area contributed by atoms with E-state index < -0.39 is 0 Å². The van der Waals surface area contributed by atoms with Gasteiger partial charge in [0.15, 0.2) is 0 Å². The molecule has 1 N–H and O–H groups in total. The lowest BCUT2D eigenvalue weighted by Crippen LogP contribution is -2.46. The Morgan fingerprint density at radius 3 is 2.28 bits per heavy atom. The van der Waals surface area contributed by atoms with E-state index in [1.54, 1.807) is 6.20 Å². The summed E-state index contributed by atoms with van der Waals surface area (Å²) >= 11 is 0. The fraction of sp³-hybridized carbons (Fsp3) is 0.385. The summed E-state index contributed by atoms with van der Waals surface area (Å²) in [4.78, 5) is 18.0. The number of benzene rings is 2. The van der Waals surface area contributed by atoms with Crippen molar-refractivity contribution in [3.05, 3.63) is 71.0 Å². The molecule has 1 aliphatic heterocycles. The van der Waals surface area contributed by atoms with Gasteiger partial charge in [0.05, 0.1) is 23.1 Å². The van der Waals surface area contributed by atoms with Crippen molar-refractivity contribution in [3.63, 3.8) is 0 Å². The maximum Gasteiger partial charge on any atom is 0.259 e. The van der Waals surface area contributed by atoms with Gasteiger partial charge in [-0.1, -0.05) is 31.5 Å². The van der Waals surface area contributed by atoms with E-state index in [2.05, 4.69) is 72.2 Å². The molecule has 1 amide bonds. The first kappa shape index (κ1) is 22.1. The molecule has 1 fully saturated rings. The van der Waals surface area contributed by atoms with Gasteiger partial charge in [-0.2, -0.15) is 5.10 Å². The molecule has 0 aliphatic carbocycles. The van der Waals surface area contributed by atoms with E-state index in [9.17, 15) is 4.79 Å². The minimum Gasteiger partial charge on any atom is -0.369 e. The number of carbonyl (C=O) groups excluding carboxylic acids is 1. The van der Waals surface area contributed by atoms with Gasteiger partial charge in [-0.15, -0.1) is 0 Å². The summed E-state index contributed by atoms with van der Waals surface area (Å²) in [6.45, 7) is 13.8. The second kappa shape index (κ2) is 9.57. The number of carbonyl (C=O) groups is 1. The van der Waals surface area contributed by atoms with Crippen LogP contribution in [0.2, 0.25) is 0 Å². The summed E-state index contributed by atoms with van der Waals surface area (Å²) in [6, 6.07) is 14.5. The van der Waals surface area contributed by atoms with Crippen LogP contribution in [-0.2, 0) is 6.42 Å². The van der Waals surface area contributed by atoms with E-state index in [-0.39, 0.29) is 5.91 Å². The Hall–Kier alpha value is -3.12. The fourth-order valence-electron chi connectivity index (χ4n) is 4.31. The number of piperazine rings is 1. The standard InChI is InChI=1S/C26H33N5O/c1-5-25-23(18-27-31(25)21-9-7-19(3)8-10-21)26(32)28-24-12-11-22(17-20(24)4)30-15-13-29(6-2)14-16-30/h7-12,17-18H,5-6,13-16H2,1-4H3,(H,28,32). The second-order valence-electron chi connectivity index (χ2n) is 8.48. The molecule has 0 atom stereocenters. The first-order chi connectivity index (χ1) is 15.5. The van der Waals surface area contributed by atoms with Gasteiger partial charge in [-0.05, 0) is 62.7 Å². The SMILES string of the molecule is CCc1c(C(=O)Nc2ccc(N3CCN(CC)CC3)cc2C)cnn1-c1ccc(C)cc1. The number of nitrogens with one attached hydrogen (secondary N) is 1. The summed E-state index contributed by atoms with van der Waals surface area (Å²) in [5, 5.41) is 7.61. The molecule has 4 rings (SSSR count). The van der Waals surface area contributed by atoms with Crippen LogP contribution in [0.1, 0.15) is 41.0 Å². The Morgan fingerprint density at radius 2 is 1.66 bits per heavy atom. The molecule has 1 aliphatic rings. The minimum absolute atomic E-state index is 0.118. The molecule has 0 radical (unpaired) electrons. The molecular weight excluding hydrogens is 398 g/mol. The molecule has 1 saturated heterocycles. The molecule has 168 valence electrons. The van der Waals surface area contributed by atoms with Crippen LogP contribution in [0.15, 0.2) is 48.7 Å². The normalized spacial score (nSPS) is 14.6. The lowest BCUT2D eigenvalue weighted by atomic mass is 10.1. The Balaban J connectivity index is 1.50. The lowest BCUT2D eigenvalue weighted by molar-refractivity contribution is 0.102. The quantitative estimate of drug-likeness (QED) is 0.627. The van der Waals surface area contributed by atoms with Crippen LogP contribution in [-0.4, -0.2) is 53.3 Å². The molecule has 6 nitrogen and oxygen atoms in total. The number of likely N-dealkylation sites (N-methyl/N-ethyl adjacent to an activating group) is 1. The average molecular weight is 432 g/mol. The van der Waals surface area contributed by atoms with Crippen molar-refractivity contribution in [1.82, 2.24) is 14.7 Å². The number of aryl methyl sites for hydroxylation is 2. The van der Waals surface area contributed by atoms with Crippen LogP contribution in [0.5, 0.6) is 0 Å². The first-order valence-electron chi connectivity index (χ1n) is 11.5. The third kappa shape index (κ3) is 4.55. The summed E-state index contributed by atoms with van der Waals surface area (Å²) in [6.07, 6.45) is 2.39. The van der Waals surface area contributed by atoms with Gasteiger partial charge >= 0.3 is 0 Å². The predicted molar refractivity (Wildman–Crippen MR) is 131 cm³/mol. The smallest absolute Gasteiger partial charge is 0.259 e. The van der Waals surface area contributed by atoms with Gasteiger partial charge in [-0.25, -0.2) is 4.68 Å². The highest BCUT2D eigenvalue weighted by Crippen LogP contribution is 2.25. The Bertz CT molecular complexity index is 1080. The summed E-state index contributed by atoms with van der Waals surface area (Å²) in [5.41, 5.74) is 6.83. The summed E-state index contributed by atoms with van der Waals surface area (Å²) < 4.78 is 1.86. The zero-order valence-electron chi connectivity index (χ0n) is 19.6. The van der Waals surface area contributed by atoms with Crippen molar-refractivity contribution in [2.24, 2.45) is 0 Å². The maximum absolute atomic E-state index is 13.1. The Kier molecular flexibility index (Phi) is 6.61. The third-order valence-electron chi connectivity index (χ3n) is 6.37. The molecule has 32 heavy (non-hydrogen) atoms. The molecule has 6 heteroatoms. The average Bonchev–Trinajstić information content (AvgIpc) is 3.25. The fourth-order valence-corrected chi connectivity index (χ4v) is 4.31. The molecular formula is C26H33N5O. The maximum atomic E-state index is 13.1. The Labute approximate surface area is 190 Å². The van der Waals surface area contributed by atoms with Crippen LogP contribution < -0.4 is 10.2 Å². The van der Waals surface area contributed by atoms with Crippen LogP contribution in [0.25, 0.3) is 5.69 Å². The zero-order chi connectivity index (χ0) is 22.7. The van der Waals surface area contributed by atoms with E-state index >= 15 is 0 Å². The van der Waals surface area contributed by atoms with Crippen LogP contribution in [0.4, 0.5) is 11.4 Å². The van der Waals surface area contributed by atoms with E-state index in [1.807, 2.05) is 22.9 Å². The monoisotopic (exact) mass is 431 g/mol.